The zero-order valence-corrected chi connectivity index (χ0v) is 19.4. The number of nitrogens with one attached hydrogen (secondary N) is 1. The summed E-state index contributed by atoms with van der Waals surface area (Å²) in [5, 5.41) is 2.86. The van der Waals surface area contributed by atoms with E-state index >= 15 is 0 Å². The summed E-state index contributed by atoms with van der Waals surface area (Å²) in [6.45, 7) is 3.06. The van der Waals surface area contributed by atoms with Crippen molar-refractivity contribution in [2.45, 2.75) is 32.2 Å². The third-order valence-corrected chi connectivity index (χ3v) is 6.43. The molecule has 0 aliphatic carbocycles. The normalized spacial score (nSPS) is 15.5. The average Bonchev–Trinajstić information content (AvgIpc) is 3.50. The lowest BCUT2D eigenvalue weighted by Crippen LogP contribution is -2.28. The highest BCUT2D eigenvalue weighted by atomic mass is 19.1. The molecule has 1 aliphatic rings. The van der Waals surface area contributed by atoms with Crippen LogP contribution < -0.4 is 5.32 Å². The number of anilines is 1. The zero-order chi connectivity index (χ0) is 24.4. The van der Waals surface area contributed by atoms with Crippen molar-refractivity contribution in [2.75, 3.05) is 18.4 Å². The highest BCUT2D eigenvalue weighted by molar-refractivity contribution is 6.05. The minimum absolute atomic E-state index is 0.0375. The maximum Gasteiger partial charge on any atom is 0.254 e. The smallest absolute Gasteiger partial charge is 0.254 e. The lowest BCUT2D eigenvalue weighted by atomic mass is 9.98. The summed E-state index contributed by atoms with van der Waals surface area (Å²) in [5.41, 5.74) is 3.99. The molecule has 1 atom stereocenters. The molecule has 178 valence electrons. The van der Waals surface area contributed by atoms with Gasteiger partial charge in [0.25, 0.3) is 5.91 Å². The molecule has 1 unspecified atom stereocenters. The second-order valence-electron chi connectivity index (χ2n) is 8.84. The highest BCUT2D eigenvalue weighted by Gasteiger charge is 2.30. The Labute approximate surface area is 202 Å². The molecule has 0 spiro atoms. The van der Waals surface area contributed by atoms with Crippen molar-refractivity contribution in [3.63, 3.8) is 0 Å². The van der Waals surface area contributed by atoms with Gasteiger partial charge in [0.05, 0.1) is 23.0 Å². The predicted molar refractivity (Wildman–Crippen MR) is 132 cm³/mol. The summed E-state index contributed by atoms with van der Waals surface area (Å²) in [5.74, 6) is -0.656. The van der Waals surface area contributed by atoms with E-state index in [0.29, 0.717) is 54.8 Å². The number of benzene rings is 2. The first kappa shape index (κ1) is 22.7. The first-order valence-corrected chi connectivity index (χ1v) is 11.7. The minimum atomic E-state index is -0.239. The summed E-state index contributed by atoms with van der Waals surface area (Å²) in [6.07, 6.45) is 4.89. The largest absolute Gasteiger partial charge is 0.338 e. The van der Waals surface area contributed by atoms with Crippen LogP contribution in [0.15, 0.2) is 67.1 Å². The number of carbonyl (C=O) groups excluding carboxylic acids is 2. The van der Waals surface area contributed by atoms with E-state index in [2.05, 4.69) is 15.3 Å². The maximum atomic E-state index is 14.3. The van der Waals surface area contributed by atoms with Crippen LogP contribution >= 0.6 is 0 Å². The van der Waals surface area contributed by atoms with Crippen molar-refractivity contribution in [2.24, 2.45) is 0 Å². The maximum absolute atomic E-state index is 14.3. The SMILES string of the molecule is CC(=O)Nc1cc(C(=O)N2CCC(c3ccccc3F)C2)cc2ncn(CCc3ccccn3)c12. The van der Waals surface area contributed by atoms with Crippen molar-refractivity contribution in [3.8, 4) is 0 Å². The van der Waals surface area contributed by atoms with Crippen LogP contribution in [0.4, 0.5) is 10.1 Å². The monoisotopic (exact) mass is 471 g/mol. The molecular formula is C27H26FN5O2. The van der Waals surface area contributed by atoms with Crippen LogP contribution in [0.25, 0.3) is 11.0 Å². The van der Waals surface area contributed by atoms with E-state index in [-0.39, 0.29) is 23.5 Å². The Balaban J connectivity index is 1.41. The Morgan fingerprint density at radius 1 is 1.11 bits per heavy atom. The van der Waals surface area contributed by atoms with E-state index in [1.54, 1.807) is 41.7 Å². The molecule has 0 saturated carbocycles. The lowest BCUT2D eigenvalue weighted by molar-refractivity contribution is -0.114. The molecule has 5 rings (SSSR count). The topological polar surface area (TPSA) is 80.1 Å². The Morgan fingerprint density at radius 3 is 2.71 bits per heavy atom. The summed E-state index contributed by atoms with van der Waals surface area (Å²) >= 11 is 0. The van der Waals surface area contributed by atoms with Crippen LogP contribution in [-0.2, 0) is 17.8 Å². The Hall–Kier alpha value is -4.07. The molecule has 3 heterocycles. The molecule has 8 heteroatoms. The Bertz CT molecular complexity index is 1390. The summed E-state index contributed by atoms with van der Waals surface area (Å²) in [4.78, 5) is 36.0. The fourth-order valence-electron chi connectivity index (χ4n) is 4.76. The van der Waals surface area contributed by atoms with Gasteiger partial charge < -0.3 is 14.8 Å². The second kappa shape index (κ2) is 9.66. The van der Waals surface area contributed by atoms with Gasteiger partial charge in [0.15, 0.2) is 0 Å². The summed E-state index contributed by atoms with van der Waals surface area (Å²) < 4.78 is 16.2. The summed E-state index contributed by atoms with van der Waals surface area (Å²) in [7, 11) is 0. The van der Waals surface area contributed by atoms with Gasteiger partial charge in [-0.15, -0.1) is 0 Å². The van der Waals surface area contributed by atoms with Gasteiger partial charge in [-0.25, -0.2) is 9.37 Å². The molecule has 1 aliphatic heterocycles. The van der Waals surface area contributed by atoms with Crippen LogP contribution in [0, 0.1) is 5.82 Å². The molecule has 2 amide bonds. The molecule has 2 aromatic heterocycles. The van der Waals surface area contributed by atoms with Gasteiger partial charge in [-0.2, -0.15) is 0 Å². The number of hydrogen-bond donors (Lipinski definition) is 1. The van der Waals surface area contributed by atoms with Crippen LogP contribution in [0.1, 0.15) is 40.9 Å². The molecule has 4 aromatic rings. The van der Waals surface area contributed by atoms with Gasteiger partial charge >= 0.3 is 0 Å². The van der Waals surface area contributed by atoms with Crippen LogP contribution in [0.5, 0.6) is 0 Å². The number of pyridine rings is 1. The number of nitrogens with zero attached hydrogens (tertiary/aromatic N) is 4. The first-order valence-electron chi connectivity index (χ1n) is 11.7. The molecule has 1 fully saturated rings. The number of rotatable bonds is 6. The quantitative estimate of drug-likeness (QED) is 0.452. The molecule has 35 heavy (non-hydrogen) atoms. The fourth-order valence-corrected chi connectivity index (χ4v) is 4.76. The number of aryl methyl sites for hydroxylation is 2. The number of halogens is 1. The fraction of sp³-hybridized carbons (Fsp3) is 0.259. The molecule has 1 N–H and O–H groups in total. The molecular weight excluding hydrogens is 445 g/mol. The number of carbonyl (C=O) groups is 2. The number of hydrogen-bond acceptors (Lipinski definition) is 4. The zero-order valence-electron chi connectivity index (χ0n) is 19.4. The lowest BCUT2D eigenvalue weighted by Gasteiger charge is -2.18. The third kappa shape index (κ3) is 4.77. The van der Waals surface area contributed by atoms with E-state index < -0.39 is 0 Å². The third-order valence-electron chi connectivity index (χ3n) is 6.43. The van der Waals surface area contributed by atoms with E-state index in [4.69, 9.17) is 0 Å². The van der Waals surface area contributed by atoms with Gasteiger partial charge in [-0.1, -0.05) is 24.3 Å². The van der Waals surface area contributed by atoms with Crippen LogP contribution in [-0.4, -0.2) is 44.3 Å². The van der Waals surface area contributed by atoms with E-state index in [9.17, 15) is 14.0 Å². The van der Waals surface area contributed by atoms with Crippen molar-refractivity contribution >= 4 is 28.5 Å². The summed E-state index contributed by atoms with van der Waals surface area (Å²) in [6, 6.07) is 16.0. The molecule has 7 nitrogen and oxygen atoms in total. The standard InChI is InChI=1S/C27H26FN5O2/c1-18(34)31-25-15-20(27(35)32-12-9-19(16-32)22-7-2-3-8-23(22)28)14-24-26(25)33(17-30-24)13-10-21-6-4-5-11-29-21/h2-8,11,14-15,17,19H,9-10,12-13,16H2,1H3,(H,31,34). The number of likely N-dealkylation sites (tertiary alicyclic amines) is 1. The van der Waals surface area contributed by atoms with Gasteiger partial charge in [-0.05, 0) is 42.3 Å². The highest BCUT2D eigenvalue weighted by Crippen LogP contribution is 2.31. The molecule has 2 aromatic carbocycles. The number of imidazole rings is 1. The van der Waals surface area contributed by atoms with Gasteiger partial charge in [0, 0.05) is 56.4 Å². The van der Waals surface area contributed by atoms with E-state index in [1.165, 1.54) is 13.0 Å². The number of aromatic nitrogens is 3. The van der Waals surface area contributed by atoms with E-state index in [1.807, 2.05) is 28.8 Å². The van der Waals surface area contributed by atoms with Crippen molar-refractivity contribution in [1.29, 1.82) is 0 Å². The molecule has 0 radical (unpaired) electrons. The number of fused-ring (bicyclic) bond motifs is 1. The average molecular weight is 472 g/mol. The Morgan fingerprint density at radius 2 is 1.94 bits per heavy atom. The van der Waals surface area contributed by atoms with E-state index in [0.717, 1.165) is 11.2 Å². The molecule has 1 saturated heterocycles. The second-order valence-corrected chi connectivity index (χ2v) is 8.84. The van der Waals surface area contributed by atoms with Crippen molar-refractivity contribution in [1.82, 2.24) is 19.4 Å². The predicted octanol–water partition coefficient (Wildman–Crippen LogP) is 4.40. The van der Waals surface area contributed by atoms with Crippen molar-refractivity contribution < 1.29 is 14.0 Å². The van der Waals surface area contributed by atoms with Gasteiger partial charge in [-0.3, -0.25) is 14.6 Å². The molecule has 0 bridgehead atoms. The van der Waals surface area contributed by atoms with Crippen LogP contribution in [0.3, 0.4) is 0 Å². The first-order chi connectivity index (χ1) is 17.0. The van der Waals surface area contributed by atoms with Crippen LogP contribution in [0.2, 0.25) is 0 Å². The Kier molecular flexibility index (Phi) is 6.27. The van der Waals surface area contributed by atoms with Gasteiger partial charge in [0.2, 0.25) is 5.91 Å². The number of amides is 2. The van der Waals surface area contributed by atoms with Gasteiger partial charge in [0.1, 0.15) is 5.82 Å². The minimum Gasteiger partial charge on any atom is -0.338 e. The van der Waals surface area contributed by atoms with Crippen molar-refractivity contribution in [3.05, 3.63) is 89.8 Å².